The molecule has 0 aliphatic carbocycles. The molecule has 17 heavy (non-hydrogen) atoms. The first-order valence-electron chi connectivity index (χ1n) is 6.32. The highest BCUT2D eigenvalue weighted by atomic mass is 16.5. The number of nitrogens with one attached hydrogen (secondary N) is 1. The molecule has 0 saturated heterocycles. The smallest absolute Gasteiger partial charge is 0.224 e. The molecule has 5 nitrogen and oxygen atoms in total. The number of amides is 1. The third kappa shape index (κ3) is 6.61. The predicted molar refractivity (Wildman–Crippen MR) is 69.9 cm³/mol. The Kier molecular flexibility index (Phi) is 9.03. The molecule has 0 aromatic heterocycles. The maximum absolute atomic E-state index is 11.9. The summed E-state index contributed by atoms with van der Waals surface area (Å²) in [4.78, 5) is 13.7. The van der Waals surface area contributed by atoms with Crippen LogP contribution in [-0.4, -0.2) is 56.2 Å². The second-order valence-corrected chi connectivity index (χ2v) is 4.16. The summed E-state index contributed by atoms with van der Waals surface area (Å²) in [6, 6.07) is 0.0284. The number of carbonyl (C=O) groups excluding carboxylic acids is 1. The zero-order chi connectivity index (χ0) is 13.3. The van der Waals surface area contributed by atoms with Crippen molar-refractivity contribution in [2.75, 3.05) is 33.3 Å². The largest absolute Gasteiger partial charge is 0.380 e. The van der Waals surface area contributed by atoms with Crippen LogP contribution in [-0.2, 0) is 9.53 Å². The predicted octanol–water partition coefficient (Wildman–Crippen LogP) is 0.197. The van der Waals surface area contributed by atoms with Gasteiger partial charge in [0.2, 0.25) is 5.91 Å². The Balaban J connectivity index is 4.07. The van der Waals surface area contributed by atoms with Gasteiger partial charge in [-0.25, -0.2) is 0 Å². The van der Waals surface area contributed by atoms with E-state index in [4.69, 9.17) is 10.5 Å². The van der Waals surface area contributed by atoms with Crippen molar-refractivity contribution in [3.05, 3.63) is 0 Å². The lowest BCUT2D eigenvalue weighted by Crippen LogP contribution is -2.44. The summed E-state index contributed by atoms with van der Waals surface area (Å²) >= 11 is 0. The lowest BCUT2D eigenvalue weighted by atomic mass is 10.1. The number of ether oxygens (including phenoxy) is 1. The molecule has 0 aromatic carbocycles. The van der Waals surface area contributed by atoms with Crippen molar-refractivity contribution in [3.63, 3.8) is 0 Å². The van der Waals surface area contributed by atoms with Gasteiger partial charge >= 0.3 is 0 Å². The first kappa shape index (κ1) is 16.4. The fourth-order valence-corrected chi connectivity index (χ4v) is 1.57. The molecule has 0 saturated carbocycles. The number of hydrogen-bond acceptors (Lipinski definition) is 4. The van der Waals surface area contributed by atoms with E-state index in [0.717, 1.165) is 13.1 Å². The molecule has 0 aromatic rings. The molecule has 102 valence electrons. The van der Waals surface area contributed by atoms with Crippen LogP contribution in [0.5, 0.6) is 0 Å². The van der Waals surface area contributed by atoms with Crippen molar-refractivity contribution in [2.45, 2.75) is 39.3 Å². The van der Waals surface area contributed by atoms with Crippen molar-refractivity contribution in [2.24, 2.45) is 5.73 Å². The summed E-state index contributed by atoms with van der Waals surface area (Å²) in [5, 5.41) is 3.26. The molecular weight excluding hydrogens is 218 g/mol. The van der Waals surface area contributed by atoms with Crippen LogP contribution in [0, 0.1) is 0 Å². The topological polar surface area (TPSA) is 67.6 Å². The van der Waals surface area contributed by atoms with Gasteiger partial charge in [0.25, 0.3) is 0 Å². The fraction of sp³-hybridized carbons (Fsp3) is 0.917. The van der Waals surface area contributed by atoms with Gasteiger partial charge in [0.1, 0.15) is 0 Å². The Morgan fingerprint density at radius 2 is 2.00 bits per heavy atom. The van der Waals surface area contributed by atoms with E-state index in [9.17, 15) is 4.79 Å². The van der Waals surface area contributed by atoms with Gasteiger partial charge in [0, 0.05) is 45.8 Å². The quantitative estimate of drug-likeness (QED) is 0.609. The Bertz CT molecular complexity index is 208. The van der Waals surface area contributed by atoms with E-state index in [1.807, 2.05) is 25.7 Å². The Hall–Kier alpha value is -0.650. The molecule has 0 heterocycles. The van der Waals surface area contributed by atoms with Gasteiger partial charge in [-0.05, 0) is 20.8 Å². The Morgan fingerprint density at radius 1 is 1.41 bits per heavy atom. The van der Waals surface area contributed by atoms with Gasteiger partial charge in [0.15, 0.2) is 0 Å². The second-order valence-electron chi connectivity index (χ2n) is 4.16. The van der Waals surface area contributed by atoms with Crippen molar-refractivity contribution < 1.29 is 9.53 Å². The van der Waals surface area contributed by atoms with Gasteiger partial charge in [-0.1, -0.05) is 0 Å². The number of rotatable bonds is 9. The van der Waals surface area contributed by atoms with Gasteiger partial charge in [-0.15, -0.1) is 0 Å². The molecule has 1 amide bonds. The molecule has 2 unspecified atom stereocenters. The number of nitrogens with two attached hydrogens (primary N) is 1. The molecular formula is C12H27N3O2. The summed E-state index contributed by atoms with van der Waals surface area (Å²) < 4.78 is 5.14. The van der Waals surface area contributed by atoms with E-state index in [1.165, 1.54) is 0 Å². The number of carbonyl (C=O) groups is 1. The van der Waals surface area contributed by atoms with Crippen molar-refractivity contribution in [3.8, 4) is 0 Å². The summed E-state index contributed by atoms with van der Waals surface area (Å²) in [5.74, 6) is 0.156. The monoisotopic (exact) mass is 245 g/mol. The molecule has 0 spiro atoms. The van der Waals surface area contributed by atoms with E-state index < -0.39 is 0 Å². The maximum atomic E-state index is 11.9. The molecule has 0 aliphatic heterocycles. The molecule has 0 rings (SSSR count). The minimum atomic E-state index is 0.0284. The summed E-state index contributed by atoms with van der Waals surface area (Å²) in [6.07, 6.45) is 0.585. The molecule has 0 fully saturated rings. The first-order valence-corrected chi connectivity index (χ1v) is 6.32. The van der Waals surface area contributed by atoms with E-state index in [0.29, 0.717) is 19.5 Å². The Labute approximate surface area is 105 Å². The van der Waals surface area contributed by atoms with Crippen LogP contribution in [0.3, 0.4) is 0 Å². The minimum absolute atomic E-state index is 0.0284. The highest BCUT2D eigenvalue weighted by Crippen LogP contribution is 1.99. The standard InChI is InChI=1S/C12H27N3O2/c1-5-15(6-2)12(16)7-11(8-13)14-9-10(3)17-4/h10-11,14H,5-9,13H2,1-4H3. The summed E-state index contributed by atoms with van der Waals surface area (Å²) in [7, 11) is 1.67. The zero-order valence-corrected chi connectivity index (χ0v) is 11.5. The summed E-state index contributed by atoms with van der Waals surface area (Å²) in [6.45, 7) is 8.63. The van der Waals surface area contributed by atoms with Crippen LogP contribution in [0.1, 0.15) is 27.2 Å². The van der Waals surface area contributed by atoms with Crippen LogP contribution in [0.25, 0.3) is 0 Å². The van der Waals surface area contributed by atoms with Gasteiger partial charge < -0.3 is 20.7 Å². The number of methoxy groups -OCH3 is 1. The molecule has 3 N–H and O–H groups in total. The normalized spacial score (nSPS) is 14.4. The second kappa shape index (κ2) is 9.39. The third-order valence-electron chi connectivity index (χ3n) is 2.92. The number of nitrogens with zero attached hydrogens (tertiary/aromatic N) is 1. The average Bonchev–Trinajstić information content (AvgIpc) is 2.35. The van der Waals surface area contributed by atoms with Gasteiger partial charge in [-0.3, -0.25) is 4.79 Å². The van der Waals surface area contributed by atoms with Crippen LogP contribution < -0.4 is 11.1 Å². The lowest BCUT2D eigenvalue weighted by Gasteiger charge is -2.23. The van der Waals surface area contributed by atoms with Gasteiger partial charge in [-0.2, -0.15) is 0 Å². The molecule has 0 bridgehead atoms. The number of hydrogen-bond donors (Lipinski definition) is 2. The van der Waals surface area contributed by atoms with E-state index in [1.54, 1.807) is 7.11 Å². The van der Waals surface area contributed by atoms with Crippen LogP contribution in [0.2, 0.25) is 0 Å². The molecule has 2 atom stereocenters. The van der Waals surface area contributed by atoms with Crippen LogP contribution in [0.15, 0.2) is 0 Å². The SMILES string of the molecule is CCN(CC)C(=O)CC(CN)NCC(C)OC. The van der Waals surface area contributed by atoms with E-state index in [-0.39, 0.29) is 18.1 Å². The highest BCUT2D eigenvalue weighted by Gasteiger charge is 2.16. The van der Waals surface area contributed by atoms with Crippen molar-refractivity contribution >= 4 is 5.91 Å². The lowest BCUT2D eigenvalue weighted by molar-refractivity contribution is -0.131. The van der Waals surface area contributed by atoms with Crippen LogP contribution in [0.4, 0.5) is 0 Å². The Morgan fingerprint density at radius 3 is 2.41 bits per heavy atom. The molecule has 5 heteroatoms. The molecule has 0 aliphatic rings. The zero-order valence-electron chi connectivity index (χ0n) is 11.5. The third-order valence-corrected chi connectivity index (χ3v) is 2.92. The van der Waals surface area contributed by atoms with Crippen molar-refractivity contribution in [1.82, 2.24) is 10.2 Å². The highest BCUT2D eigenvalue weighted by molar-refractivity contribution is 5.76. The van der Waals surface area contributed by atoms with E-state index >= 15 is 0 Å². The van der Waals surface area contributed by atoms with E-state index in [2.05, 4.69) is 5.32 Å². The van der Waals surface area contributed by atoms with Gasteiger partial charge in [0.05, 0.1) is 6.10 Å². The van der Waals surface area contributed by atoms with Crippen molar-refractivity contribution in [1.29, 1.82) is 0 Å². The fourth-order valence-electron chi connectivity index (χ4n) is 1.57. The minimum Gasteiger partial charge on any atom is -0.380 e. The van der Waals surface area contributed by atoms with Crippen LogP contribution >= 0.6 is 0 Å². The first-order chi connectivity index (χ1) is 8.08. The summed E-state index contributed by atoms with van der Waals surface area (Å²) in [5.41, 5.74) is 5.66. The maximum Gasteiger partial charge on any atom is 0.224 e. The molecule has 0 radical (unpaired) electrons. The average molecular weight is 245 g/mol.